The fraction of sp³-hybridized carbons (Fsp3) is 0.636. The fourth-order valence-electron chi connectivity index (χ4n) is 1.27. The lowest BCUT2D eigenvalue weighted by atomic mass is 9.87. The number of carboxylic acid groups (broad SMARTS) is 1. The van der Waals surface area contributed by atoms with Gasteiger partial charge in [0.25, 0.3) is 0 Å². The Morgan fingerprint density at radius 3 is 2.50 bits per heavy atom. The van der Waals surface area contributed by atoms with Gasteiger partial charge in [-0.1, -0.05) is 20.8 Å². The lowest BCUT2D eigenvalue weighted by molar-refractivity contribution is 0.0691. The average Bonchev–Trinajstić information content (AvgIpc) is 2.62. The van der Waals surface area contributed by atoms with E-state index in [0.29, 0.717) is 6.04 Å². The number of anilines is 1. The maximum atomic E-state index is 10.7. The van der Waals surface area contributed by atoms with Gasteiger partial charge in [0.2, 0.25) is 0 Å². The van der Waals surface area contributed by atoms with E-state index in [1.165, 1.54) is 11.3 Å². The zero-order valence-corrected chi connectivity index (χ0v) is 11.1. The third-order valence-corrected chi connectivity index (χ3v) is 3.78. The molecule has 0 aliphatic carbocycles. The molecule has 0 saturated carbocycles. The Morgan fingerprint density at radius 2 is 2.12 bits per heavy atom. The van der Waals surface area contributed by atoms with Crippen LogP contribution >= 0.6 is 11.3 Å². The van der Waals surface area contributed by atoms with Crippen molar-refractivity contribution >= 4 is 22.4 Å². The van der Waals surface area contributed by atoms with Crippen LogP contribution in [0.5, 0.6) is 0 Å². The van der Waals surface area contributed by atoms with E-state index in [9.17, 15) is 4.79 Å². The van der Waals surface area contributed by atoms with Gasteiger partial charge in [0, 0.05) is 18.5 Å². The van der Waals surface area contributed by atoms with E-state index in [-0.39, 0.29) is 11.1 Å². The number of carboxylic acids is 1. The van der Waals surface area contributed by atoms with Gasteiger partial charge in [0.15, 0.2) is 10.8 Å². The van der Waals surface area contributed by atoms with E-state index in [4.69, 9.17) is 5.11 Å². The van der Waals surface area contributed by atoms with Crippen molar-refractivity contribution in [2.24, 2.45) is 5.41 Å². The Kier molecular flexibility index (Phi) is 3.57. The van der Waals surface area contributed by atoms with Gasteiger partial charge in [-0.2, -0.15) is 0 Å². The summed E-state index contributed by atoms with van der Waals surface area (Å²) in [5, 5.41) is 11.1. The molecule has 4 nitrogen and oxygen atoms in total. The van der Waals surface area contributed by atoms with Crippen LogP contribution in [-0.4, -0.2) is 29.1 Å². The van der Waals surface area contributed by atoms with Crippen LogP contribution in [0.1, 0.15) is 38.2 Å². The van der Waals surface area contributed by atoms with Gasteiger partial charge in [-0.15, -0.1) is 11.3 Å². The van der Waals surface area contributed by atoms with Crippen LogP contribution in [-0.2, 0) is 0 Å². The van der Waals surface area contributed by atoms with Gasteiger partial charge in [0.05, 0.1) is 0 Å². The standard InChI is InChI=1S/C11H18N2O2S/c1-7(11(2,3)4)13(5)10-12-8(6-16-10)9(14)15/h6-7H,1-5H3,(H,14,15). The summed E-state index contributed by atoms with van der Waals surface area (Å²) >= 11 is 1.36. The highest BCUT2D eigenvalue weighted by molar-refractivity contribution is 7.13. The number of aromatic nitrogens is 1. The minimum atomic E-state index is -0.973. The van der Waals surface area contributed by atoms with E-state index in [1.807, 2.05) is 11.9 Å². The molecule has 1 aromatic rings. The van der Waals surface area contributed by atoms with Crippen molar-refractivity contribution in [2.75, 3.05) is 11.9 Å². The van der Waals surface area contributed by atoms with Crippen molar-refractivity contribution in [3.63, 3.8) is 0 Å². The number of thiazole rings is 1. The van der Waals surface area contributed by atoms with Crippen LogP contribution < -0.4 is 4.90 Å². The van der Waals surface area contributed by atoms with Gasteiger partial charge in [-0.05, 0) is 12.3 Å². The molecule has 90 valence electrons. The van der Waals surface area contributed by atoms with E-state index in [0.717, 1.165) is 5.13 Å². The van der Waals surface area contributed by atoms with Crippen LogP contribution in [0.4, 0.5) is 5.13 Å². The topological polar surface area (TPSA) is 53.4 Å². The molecule has 0 saturated heterocycles. The molecule has 1 heterocycles. The minimum absolute atomic E-state index is 0.118. The minimum Gasteiger partial charge on any atom is -0.476 e. The Labute approximate surface area is 99.9 Å². The molecule has 1 rings (SSSR count). The molecule has 0 fully saturated rings. The highest BCUT2D eigenvalue weighted by atomic mass is 32.1. The third-order valence-electron chi connectivity index (χ3n) is 2.85. The summed E-state index contributed by atoms with van der Waals surface area (Å²) in [5.41, 5.74) is 0.247. The lowest BCUT2D eigenvalue weighted by Gasteiger charge is -2.35. The SMILES string of the molecule is CC(N(C)c1nc(C(=O)O)cs1)C(C)(C)C. The molecule has 1 aromatic heterocycles. The van der Waals surface area contributed by atoms with Gasteiger partial charge < -0.3 is 10.0 Å². The van der Waals surface area contributed by atoms with Crippen LogP contribution in [0.2, 0.25) is 0 Å². The van der Waals surface area contributed by atoms with Crippen molar-refractivity contribution in [3.05, 3.63) is 11.1 Å². The highest BCUT2D eigenvalue weighted by Gasteiger charge is 2.26. The molecular weight excluding hydrogens is 224 g/mol. The number of carbonyl (C=O) groups is 1. The Morgan fingerprint density at radius 1 is 1.56 bits per heavy atom. The fourth-order valence-corrected chi connectivity index (χ4v) is 2.12. The number of rotatable bonds is 3. The molecule has 5 heteroatoms. The molecule has 16 heavy (non-hydrogen) atoms. The zero-order valence-electron chi connectivity index (χ0n) is 10.3. The Hall–Kier alpha value is -1.10. The Bertz CT molecular complexity index is 382. The van der Waals surface area contributed by atoms with Gasteiger partial charge in [-0.3, -0.25) is 0 Å². The molecule has 1 N–H and O–H groups in total. The normalized spacial score (nSPS) is 13.6. The van der Waals surface area contributed by atoms with E-state index in [2.05, 4.69) is 32.7 Å². The number of hydrogen-bond acceptors (Lipinski definition) is 4. The molecule has 0 bridgehead atoms. The second-order valence-electron chi connectivity index (χ2n) is 4.97. The molecular formula is C11H18N2O2S. The summed E-state index contributed by atoms with van der Waals surface area (Å²) in [6.07, 6.45) is 0. The average molecular weight is 242 g/mol. The predicted molar refractivity (Wildman–Crippen MR) is 66.4 cm³/mol. The van der Waals surface area contributed by atoms with Crippen molar-refractivity contribution in [1.29, 1.82) is 0 Å². The van der Waals surface area contributed by atoms with Crippen molar-refractivity contribution in [3.8, 4) is 0 Å². The first-order valence-electron chi connectivity index (χ1n) is 5.15. The van der Waals surface area contributed by atoms with Crippen LogP contribution in [0.25, 0.3) is 0 Å². The summed E-state index contributed by atoms with van der Waals surface area (Å²) in [6.45, 7) is 8.57. The smallest absolute Gasteiger partial charge is 0.355 e. The molecule has 0 aliphatic heterocycles. The molecule has 0 radical (unpaired) electrons. The van der Waals surface area contributed by atoms with Crippen LogP contribution in [0.3, 0.4) is 0 Å². The van der Waals surface area contributed by atoms with Crippen LogP contribution in [0.15, 0.2) is 5.38 Å². The predicted octanol–water partition coefficient (Wildman–Crippen LogP) is 2.71. The van der Waals surface area contributed by atoms with E-state index >= 15 is 0 Å². The maximum absolute atomic E-state index is 10.7. The van der Waals surface area contributed by atoms with Gasteiger partial charge in [0.1, 0.15) is 0 Å². The summed E-state index contributed by atoms with van der Waals surface area (Å²) in [5.74, 6) is -0.973. The monoisotopic (exact) mass is 242 g/mol. The second-order valence-corrected chi connectivity index (χ2v) is 5.81. The second kappa shape index (κ2) is 4.41. The van der Waals surface area contributed by atoms with Gasteiger partial charge in [-0.25, -0.2) is 9.78 Å². The highest BCUT2D eigenvalue weighted by Crippen LogP contribution is 2.29. The van der Waals surface area contributed by atoms with Crippen LogP contribution in [0, 0.1) is 5.41 Å². The number of aromatic carboxylic acids is 1. The van der Waals surface area contributed by atoms with Crippen molar-refractivity contribution in [2.45, 2.75) is 33.7 Å². The number of hydrogen-bond donors (Lipinski definition) is 1. The first-order chi connectivity index (χ1) is 7.23. The van der Waals surface area contributed by atoms with E-state index < -0.39 is 5.97 Å². The van der Waals surface area contributed by atoms with Crippen molar-refractivity contribution in [1.82, 2.24) is 4.98 Å². The van der Waals surface area contributed by atoms with Gasteiger partial charge >= 0.3 is 5.97 Å². The third kappa shape index (κ3) is 2.72. The number of nitrogens with zero attached hydrogens (tertiary/aromatic N) is 2. The molecule has 0 aliphatic rings. The summed E-state index contributed by atoms with van der Waals surface area (Å²) < 4.78 is 0. The molecule has 0 aromatic carbocycles. The van der Waals surface area contributed by atoms with E-state index in [1.54, 1.807) is 5.38 Å². The first kappa shape index (κ1) is 13.0. The molecule has 0 spiro atoms. The maximum Gasteiger partial charge on any atom is 0.355 e. The largest absolute Gasteiger partial charge is 0.476 e. The van der Waals surface area contributed by atoms with Crippen molar-refractivity contribution < 1.29 is 9.90 Å². The first-order valence-corrected chi connectivity index (χ1v) is 6.03. The summed E-state index contributed by atoms with van der Waals surface area (Å²) in [4.78, 5) is 16.8. The molecule has 1 atom stereocenters. The zero-order chi connectivity index (χ0) is 12.5. The Balaban J connectivity index is 2.88. The molecule has 1 unspecified atom stereocenters. The summed E-state index contributed by atoms with van der Waals surface area (Å²) in [7, 11) is 1.94. The molecule has 0 amide bonds. The lowest BCUT2D eigenvalue weighted by Crippen LogP contribution is -2.39. The quantitative estimate of drug-likeness (QED) is 0.885. The summed E-state index contributed by atoms with van der Waals surface area (Å²) in [6, 6.07) is 0.292.